The molecular weight excluding hydrogens is 416 g/mol. The highest BCUT2D eigenvalue weighted by atomic mass is 35.5. The molecule has 2 aromatic rings. The number of carboxylic acid groups (broad SMARTS) is 1. The van der Waals surface area contributed by atoms with E-state index in [0.717, 1.165) is 0 Å². The Hall–Kier alpha value is -2.85. The maximum atomic E-state index is 12.1. The highest BCUT2D eigenvalue weighted by Gasteiger charge is 2.43. The highest BCUT2D eigenvalue weighted by molar-refractivity contribution is 6.28. The zero-order valence-corrected chi connectivity index (χ0v) is 19.6. The van der Waals surface area contributed by atoms with Crippen molar-refractivity contribution in [2.24, 2.45) is 5.92 Å². The molecule has 0 aliphatic heterocycles. The summed E-state index contributed by atoms with van der Waals surface area (Å²) in [5.41, 5.74) is 0.228. The van der Waals surface area contributed by atoms with Crippen LogP contribution < -0.4 is 4.74 Å². The van der Waals surface area contributed by atoms with E-state index < -0.39 is 17.2 Å². The quantitative estimate of drug-likeness (QED) is 0.555. The molecule has 1 aromatic carbocycles. The summed E-state index contributed by atoms with van der Waals surface area (Å²) in [5, 5.41) is 19.7. The van der Waals surface area contributed by atoms with E-state index in [1.807, 2.05) is 41.5 Å². The molecule has 1 heterocycles. The lowest BCUT2D eigenvalue weighted by molar-refractivity contribution is -0.0109. The van der Waals surface area contributed by atoms with Gasteiger partial charge in [-0.1, -0.05) is 13.8 Å². The number of benzene rings is 1. The average molecular weight is 445 g/mol. The summed E-state index contributed by atoms with van der Waals surface area (Å²) in [6, 6.07) is 9.01. The summed E-state index contributed by atoms with van der Waals surface area (Å²) in [5.74, 6) is 0.638. The fourth-order valence-electron chi connectivity index (χ4n) is 4.05. The predicted octanol–water partition coefficient (Wildman–Crippen LogP) is 5.63. The minimum atomic E-state index is -1.00. The summed E-state index contributed by atoms with van der Waals surface area (Å²) in [6.07, 6.45) is 1.15. The molecule has 8 heteroatoms. The molecule has 0 bridgehead atoms. The van der Waals surface area contributed by atoms with Gasteiger partial charge in [0.1, 0.15) is 18.4 Å². The van der Waals surface area contributed by atoms with Crippen molar-refractivity contribution in [3.8, 4) is 23.1 Å². The van der Waals surface area contributed by atoms with Gasteiger partial charge in [0.2, 0.25) is 5.28 Å². The molecular formula is C23H29ClN4O3. The first-order valence-electron chi connectivity index (χ1n) is 10.1. The standard InChI is InChI=1S/C23H29ClN4O3/c1-15(2)12-23(6,28(21(29)30)22(3,4)5)14-31-19-8-7-16(11-17(19)13-25)18-9-10-26-20(24)27-18/h7-11,15H,12,14H2,1-6H3,(H,29,30). The van der Waals surface area contributed by atoms with E-state index in [0.29, 0.717) is 29.0 Å². The molecule has 166 valence electrons. The lowest BCUT2D eigenvalue weighted by Crippen LogP contribution is -2.61. The van der Waals surface area contributed by atoms with Crippen molar-refractivity contribution in [2.45, 2.75) is 59.0 Å². The smallest absolute Gasteiger partial charge is 0.408 e. The predicted molar refractivity (Wildman–Crippen MR) is 120 cm³/mol. The van der Waals surface area contributed by atoms with Crippen LogP contribution in [0.3, 0.4) is 0 Å². The second-order valence-corrected chi connectivity index (χ2v) is 9.54. The molecule has 0 aliphatic rings. The average Bonchev–Trinajstić information content (AvgIpc) is 2.64. The van der Waals surface area contributed by atoms with Crippen LogP contribution in [0.4, 0.5) is 4.79 Å². The van der Waals surface area contributed by atoms with Crippen LogP contribution in [-0.2, 0) is 0 Å². The number of halogens is 1. The second-order valence-electron chi connectivity index (χ2n) is 9.21. The molecule has 0 fully saturated rings. The molecule has 1 unspecified atom stereocenters. The summed E-state index contributed by atoms with van der Waals surface area (Å²) >= 11 is 5.87. The Labute approximate surface area is 188 Å². The van der Waals surface area contributed by atoms with Crippen molar-refractivity contribution in [3.05, 3.63) is 41.3 Å². The number of aromatic nitrogens is 2. The van der Waals surface area contributed by atoms with Gasteiger partial charge in [-0.25, -0.2) is 14.8 Å². The van der Waals surface area contributed by atoms with Crippen molar-refractivity contribution in [1.29, 1.82) is 5.26 Å². The number of hydrogen-bond acceptors (Lipinski definition) is 5. The van der Waals surface area contributed by atoms with E-state index in [-0.39, 0.29) is 17.8 Å². The zero-order valence-electron chi connectivity index (χ0n) is 18.8. The van der Waals surface area contributed by atoms with Crippen molar-refractivity contribution >= 4 is 17.7 Å². The molecule has 0 spiro atoms. The van der Waals surface area contributed by atoms with Gasteiger partial charge in [0.05, 0.1) is 16.8 Å². The van der Waals surface area contributed by atoms with Crippen LogP contribution in [0.2, 0.25) is 5.28 Å². The summed E-state index contributed by atoms with van der Waals surface area (Å²) in [7, 11) is 0. The Morgan fingerprint density at radius 1 is 1.29 bits per heavy atom. The molecule has 0 saturated carbocycles. The summed E-state index contributed by atoms with van der Waals surface area (Å²) in [4.78, 5) is 21.6. The first kappa shape index (κ1) is 24.4. The van der Waals surface area contributed by atoms with Gasteiger partial charge in [-0.05, 0) is 75.9 Å². The molecule has 31 heavy (non-hydrogen) atoms. The zero-order chi connectivity index (χ0) is 23.4. The van der Waals surface area contributed by atoms with Crippen LogP contribution in [0.25, 0.3) is 11.3 Å². The van der Waals surface area contributed by atoms with Gasteiger partial charge in [0, 0.05) is 17.3 Å². The number of amides is 1. The van der Waals surface area contributed by atoms with Gasteiger partial charge >= 0.3 is 6.09 Å². The SMILES string of the molecule is CC(C)CC(C)(COc1ccc(-c2ccnc(Cl)n2)cc1C#N)N(C(=O)O)C(C)(C)C. The fourth-order valence-corrected chi connectivity index (χ4v) is 4.20. The first-order valence-corrected chi connectivity index (χ1v) is 10.4. The lowest BCUT2D eigenvalue weighted by Gasteiger charge is -2.47. The van der Waals surface area contributed by atoms with Crippen LogP contribution in [0.5, 0.6) is 5.75 Å². The van der Waals surface area contributed by atoms with E-state index in [9.17, 15) is 15.2 Å². The number of nitrogens with zero attached hydrogens (tertiary/aromatic N) is 4. The van der Waals surface area contributed by atoms with Crippen molar-refractivity contribution in [3.63, 3.8) is 0 Å². The van der Waals surface area contributed by atoms with Crippen LogP contribution in [-0.4, -0.2) is 43.8 Å². The Morgan fingerprint density at radius 2 is 1.97 bits per heavy atom. The van der Waals surface area contributed by atoms with Crippen LogP contribution >= 0.6 is 11.6 Å². The second kappa shape index (κ2) is 9.52. The topological polar surface area (TPSA) is 99.3 Å². The largest absolute Gasteiger partial charge is 0.490 e. The van der Waals surface area contributed by atoms with Gasteiger partial charge in [-0.2, -0.15) is 5.26 Å². The monoisotopic (exact) mass is 444 g/mol. The molecule has 0 aliphatic carbocycles. The van der Waals surface area contributed by atoms with Gasteiger partial charge in [0.15, 0.2) is 0 Å². The number of hydrogen-bond donors (Lipinski definition) is 1. The Bertz CT molecular complexity index is 982. The minimum Gasteiger partial charge on any atom is -0.490 e. The Kier molecular flexibility index (Phi) is 7.50. The third-order valence-electron chi connectivity index (χ3n) is 4.81. The Morgan fingerprint density at radius 3 is 2.48 bits per heavy atom. The number of carbonyl (C=O) groups is 1. The molecule has 1 atom stereocenters. The van der Waals surface area contributed by atoms with Crippen molar-refractivity contribution in [1.82, 2.24) is 14.9 Å². The van der Waals surface area contributed by atoms with E-state index >= 15 is 0 Å². The van der Waals surface area contributed by atoms with Crippen LogP contribution in [0.15, 0.2) is 30.5 Å². The number of ether oxygens (including phenoxy) is 1. The molecule has 7 nitrogen and oxygen atoms in total. The first-order chi connectivity index (χ1) is 14.4. The third kappa shape index (κ3) is 6.08. The normalized spacial score (nSPS) is 13.4. The minimum absolute atomic E-state index is 0.113. The maximum Gasteiger partial charge on any atom is 0.408 e. The molecule has 0 radical (unpaired) electrons. The van der Waals surface area contributed by atoms with Gasteiger partial charge < -0.3 is 9.84 Å². The molecule has 0 saturated heterocycles. The maximum absolute atomic E-state index is 12.1. The van der Waals surface area contributed by atoms with Gasteiger partial charge in [-0.15, -0.1) is 0 Å². The van der Waals surface area contributed by atoms with E-state index in [4.69, 9.17) is 16.3 Å². The lowest BCUT2D eigenvalue weighted by atomic mass is 9.86. The third-order valence-corrected chi connectivity index (χ3v) is 4.99. The molecule has 1 aromatic heterocycles. The molecule has 1 N–H and O–H groups in total. The highest BCUT2D eigenvalue weighted by Crippen LogP contribution is 2.33. The Balaban J connectivity index is 2.37. The van der Waals surface area contributed by atoms with Gasteiger partial charge in [-0.3, -0.25) is 4.90 Å². The van der Waals surface area contributed by atoms with E-state index in [1.54, 1.807) is 30.5 Å². The summed E-state index contributed by atoms with van der Waals surface area (Å²) in [6.45, 7) is 11.7. The number of rotatable bonds is 7. The van der Waals surface area contributed by atoms with Crippen molar-refractivity contribution < 1.29 is 14.6 Å². The molecule has 2 rings (SSSR count). The number of nitriles is 1. The van der Waals surface area contributed by atoms with Crippen LogP contribution in [0, 0.1) is 17.2 Å². The van der Waals surface area contributed by atoms with Crippen molar-refractivity contribution in [2.75, 3.05) is 6.61 Å². The van der Waals surface area contributed by atoms with E-state index in [2.05, 4.69) is 16.0 Å². The van der Waals surface area contributed by atoms with Crippen LogP contribution in [0.1, 0.15) is 53.5 Å². The summed E-state index contributed by atoms with van der Waals surface area (Å²) < 4.78 is 6.05. The van der Waals surface area contributed by atoms with E-state index in [1.165, 1.54) is 4.90 Å². The van der Waals surface area contributed by atoms with Gasteiger partial charge in [0.25, 0.3) is 0 Å². The molecule has 1 amide bonds. The fraction of sp³-hybridized carbons (Fsp3) is 0.478.